The molecule has 0 bridgehead atoms. The number of amides is 3. The van der Waals surface area contributed by atoms with E-state index in [1.807, 2.05) is 5.32 Å². The van der Waals surface area contributed by atoms with Gasteiger partial charge < -0.3 is 10.1 Å². The summed E-state index contributed by atoms with van der Waals surface area (Å²) in [4.78, 5) is 35.3. The van der Waals surface area contributed by atoms with Crippen LogP contribution in [0, 0.1) is 5.82 Å². The standard InChI is InChI=1S/C15H13FN2O4S/c1-2-22-15(21)18-13(20)10-7-8-23-14(10)17-12(19)9-5-3-4-6-11(9)16/h3-8H,2H2,1H3,(H,17,19)(H,18,20,21). The fraction of sp³-hybridized carbons (Fsp3) is 0.133. The number of anilines is 1. The highest BCUT2D eigenvalue weighted by atomic mass is 32.1. The molecule has 0 spiro atoms. The predicted molar refractivity (Wildman–Crippen MR) is 83.2 cm³/mol. The van der Waals surface area contributed by atoms with Crippen LogP contribution in [0.3, 0.4) is 0 Å². The molecule has 6 nitrogen and oxygen atoms in total. The van der Waals surface area contributed by atoms with E-state index in [2.05, 4.69) is 10.1 Å². The lowest BCUT2D eigenvalue weighted by molar-refractivity contribution is 0.0926. The fourth-order valence-corrected chi connectivity index (χ4v) is 2.51. The number of hydrogen-bond acceptors (Lipinski definition) is 5. The minimum Gasteiger partial charge on any atom is -0.450 e. The summed E-state index contributed by atoms with van der Waals surface area (Å²) >= 11 is 1.08. The van der Waals surface area contributed by atoms with Crippen LogP contribution in [-0.2, 0) is 4.74 Å². The summed E-state index contributed by atoms with van der Waals surface area (Å²) in [6.45, 7) is 1.73. The van der Waals surface area contributed by atoms with Crippen LogP contribution in [0.15, 0.2) is 35.7 Å². The van der Waals surface area contributed by atoms with Crippen LogP contribution < -0.4 is 10.6 Å². The van der Waals surface area contributed by atoms with Crippen molar-refractivity contribution < 1.29 is 23.5 Å². The van der Waals surface area contributed by atoms with Crippen LogP contribution in [0.25, 0.3) is 0 Å². The third kappa shape index (κ3) is 4.13. The molecule has 23 heavy (non-hydrogen) atoms. The van der Waals surface area contributed by atoms with E-state index in [1.54, 1.807) is 12.3 Å². The quantitative estimate of drug-likeness (QED) is 0.899. The summed E-state index contributed by atoms with van der Waals surface area (Å²) in [5.41, 5.74) is -0.0506. The molecular formula is C15H13FN2O4S. The molecule has 0 aliphatic carbocycles. The van der Waals surface area contributed by atoms with Crippen LogP contribution in [0.2, 0.25) is 0 Å². The third-order valence-corrected chi connectivity index (χ3v) is 3.58. The summed E-state index contributed by atoms with van der Waals surface area (Å²) in [6, 6.07) is 6.93. The van der Waals surface area contributed by atoms with E-state index in [-0.39, 0.29) is 22.7 Å². The number of halogens is 1. The monoisotopic (exact) mass is 336 g/mol. The fourth-order valence-electron chi connectivity index (χ4n) is 1.73. The Morgan fingerprint density at radius 1 is 1.13 bits per heavy atom. The first kappa shape index (κ1) is 16.6. The summed E-state index contributed by atoms with van der Waals surface area (Å²) in [5, 5.41) is 6.26. The van der Waals surface area contributed by atoms with Gasteiger partial charge in [0.1, 0.15) is 10.8 Å². The van der Waals surface area contributed by atoms with E-state index in [0.29, 0.717) is 0 Å². The highest BCUT2D eigenvalue weighted by Gasteiger charge is 2.19. The summed E-state index contributed by atoms with van der Waals surface area (Å²) in [6.07, 6.45) is -0.880. The number of rotatable bonds is 4. The Bertz CT molecular complexity index is 745. The van der Waals surface area contributed by atoms with Gasteiger partial charge in [-0.25, -0.2) is 9.18 Å². The number of thiophene rings is 1. The zero-order valence-electron chi connectivity index (χ0n) is 12.1. The molecule has 0 unspecified atom stereocenters. The molecule has 0 radical (unpaired) electrons. The number of nitrogens with one attached hydrogen (secondary N) is 2. The van der Waals surface area contributed by atoms with Gasteiger partial charge >= 0.3 is 6.09 Å². The van der Waals surface area contributed by atoms with Gasteiger partial charge in [0, 0.05) is 0 Å². The molecule has 0 fully saturated rings. The zero-order chi connectivity index (χ0) is 16.8. The highest BCUT2D eigenvalue weighted by molar-refractivity contribution is 7.14. The number of alkyl carbamates (subject to hydrolysis) is 1. The molecule has 0 saturated carbocycles. The van der Waals surface area contributed by atoms with Crippen LogP contribution >= 0.6 is 11.3 Å². The maximum atomic E-state index is 13.6. The number of imide groups is 1. The van der Waals surface area contributed by atoms with Crippen LogP contribution in [0.5, 0.6) is 0 Å². The van der Waals surface area contributed by atoms with Crippen molar-refractivity contribution in [1.82, 2.24) is 5.32 Å². The molecule has 3 amide bonds. The lowest BCUT2D eigenvalue weighted by atomic mass is 10.2. The zero-order valence-corrected chi connectivity index (χ0v) is 12.9. The van der Waals surface area contributed by atoms with E-state index in [0.717, 1.165) is 17.4 Å². The average Bonchev–Trinajstić information content (AvgIpc) is 2.96. The molecule has 0 saturated heterocycles. The van der Waals surface area contributed by atoms with Gasteiger partial charge in [0.15, 0.2) is 0 Å². The van der Waals surface area contributed by atoms with Gasteiger partial charge in [0.25, 0.3) is 11.8 Å². The van der Waals surface area contributed by atoms with Crippen molar-refractivity contribution >= 4 is 34.2 Å². The molecule has 2 N–H and O–H groups in total. The minimum absolute atomic E-state index is 0.0905. The average molecular weight is 336 g/mol. The molecule has 1 aromatic heterocycles. The highest BCUT2D eigenvalue weighted by Crippen LogP contribution is 2.24. The van der Waals surface area contributed by atoms with Crippen molar-refractivity contribution in [2.45, 2.75) is 6.92 Å². The van der Waals surface area contributed by atoms with Crippen LogP contribution in [-0.4, -0.2) is 24.5 Å². The van der Waals surface area contributed by atoms with Gasteiger partial charge in [-0.3, -0.25) is 14.9 Å². The number of ether oxygens (including phenoxy) is 1. The van der Waals surface area contributed by atoms with Gasteiger partial charge in [-0.05, 0) is 30.5 Å². The van der Waals surface area contributed by atoms with E-state index in [4.69, 9.17) is 0 Å². The van der Waals surface area contributed by atoms with E-state index < -0.39 is 23.7 Å². The van der Waals surface area contributed by atoms with Gasteiger partial charge in [-0.2, -0.15) is 0 Å². The van der Waals surface area contributed by atoms with Crippen molar-refractivity contribution in [3.05, 3.63) is 52.7 Å². The van der Waals surface area contributed by atoms with Crippen molar-refractivity contribution in [3.63, 3.8) is 0 Å². The Balaban J connectivity index is 2.12. The smallest absolute Gasteiger partial charge is 0.414 e. The Kier molecular flexibility index (Phi) is 5.42. The topological polar surface area (TPSA) is 84.5 Å². The lowest BCUT2D eigenvalue weighted by Crippen LogP contribution is -2.31. The largest absolute Gasteiger partial charge is 0.450 e. The number of carbonyl (C=O) groups excluding carboxylic acids is 3. The molecule has 8 heteroatoms. The summed E-state index contributed by atoms with van der Waals surface area (Å²) < 4.78 is 18.2. The summed E-state index contributed by atoms with van der Waals surface area (Å²) in [7, 11) is 0. The second-order valence-corrected chi connectivity index (χ2v) is 5.19. The molecule has 2 aromatic rings. The lowest BCUT2D eigenvalue weighted by Gasteiger charge is -2.07. The number of hydrogen-bond donors (Lipinski definition) is 2. The second-order valence-electron chi connectivity index (χ2n) is 4.27. The number of benzene rings is 1. The molecule has 0 aliphatic rings. The van der Waals surface area contributed by atoms with Crippen LogP contribution in [0.1, 0.15) is 27.6 Å². The predicted octanol–water partition coefficient (Wildman–Crippen LogP) is 3.03. The van der Waals surface area contributed by atoms with Gasteiger partial charge in [0.05, 0.1) is 17.7 Å². The van der Waals surface area contributed by atoms with Crippen LogP contribution in [0.4, 0.5) is 14.2 Å². The first-order valence-corrected chi connectivity index (χ1v) is 7.52. The molecule has 2 rings (SSSR count). The van der Waals surface area contributed by atoms with Crippen molar-refractivity contribution in [2.24, 2.45) is 0 Å². The Morgan fingerprint density at radius 3 is 2.57 bits per heavy atom. The maximum absolute atomic E-state index is 13.6. The first-order chi connectivity index (χ1) is 11.0. The molecule has 120 valence electrons. The van der Waals surface area contributed by atoms with E-state index in [9.17, 15) is 18.8 Å². The number of carbonyl (C=O) groups is 3. The van der Waals surface area contributed by atoms with Crippen molar-refractivity contribution in [2.75, 3.05) is 11.9 Å². The van der Waals surface area contributed by atoms with Gasteiger partial charge in [-0.15, -0.1) is 11.3 Å². The molecule has 0 aliphatic heterocycles. The minimum atomic E-state index is -0.880. The summed E-state index contributed by atoms with van der Waals surface area (Å²) in [5.74, 6) is -2.07. The molecule has 1 aromatic carbocycles. The SMILES string of the molecule is CCOC(=O)NC(=O)c1ccsc1NC(=O)c1ccccc1F. The Labute approximate surface area is 135 Å². The van der Waals surface area contributed by atoms with Crippen molar-refractivity contribution in [3.8, 4) is 0 Å². The maximum Gasteiger partial charge on any atom is 0.414 e. The second kappa shape index (κ2) is 7.50. The van der Waals surface area contributed by atoms with Gasteiger partial charge in [0.2, 0.25) is 0 Å². The normalized spacial score (nSPS) is 10.0. The first-order valence-electron chi connectivity index (χ1n) is 6.64. The van der Waals surface area contributed by atoms with Crippen molar-refractivity contribution in [1.29, 1.82) is 0 Å². The Morgan fingerprint density at radius 2 is 1.87 bits per heavy atom. The molecule has 0 atom stereocenters. The van der Waals surface area contributed by atoms with E-state index >= 15 is 0 Å². The van der Waals surface area contributed by atoms with E-state index in [1.165, 1.54) is 24.3 Å². The molecular weight excluding hydrogens is 323 g/mol. The Hall–Kier alpha value is -2.74. The third-order valence-electron chi connectivity index (χ3n) is 2.75. The van der Waals surface area contributed by atoms with Gasteiger partial charge in [-0.1, -0.05) is 12.1 Å². The molecule has 1 heterocycles.